The van der Waals surface area contributed by atoms with Gasteiger partial charge >= 0.3 is 0 Å². The molecule has 0 bridgehead atoms. The molecule has 0 aliphatic rings. The molecule has 0 saturated heterocycles. The molecule has 3 nitrogen and oxygen atoms in total. The molecule has 0 amide bonds. The van der Waals surface area contributed by atoms with Gasteiger partial charge in [0.2, 0.25) is 0 Å². The normalized spacial score (nSPS) is 10.0. The van der Waals surface area contributed by atoms with Crippen molar-refractivity contribution in [3.05, 3.63) is 54.1 Å². The van der Waals surface area contributed by atoms with Gasteiger partial charge in [-0.25, -0.2) is 0 Å². The van der Waals surface area contributed by atoms with Crippen molar-refractivity contribution in [1.29, 1.82) is 0 Å². The molecule has 2 rings (SSSR count). The Bertz CT molecular complexity index is 466. The lowest BCUT2D eigenvalue weighted by atomic mass is 10.2. The standard InChI is InChI=1S/C13H13NO2/c15-12-6-4-11(5-7-12)14-9-10-2-1-3-13(16)8-10/h1-8,14-16H,9H2. The molecule has 82 valence electrons. The van der Waals surface area contributed by atoms with Crippen LogP contribution in [0.3, 0.4) is 0 Å². The van der Waals surface area contributed by atoms with Gasteiger partial charge in [0, 0.05) is 12.2 Å². The zero-order chi connectivity index (χ0) is 11.4. The van der Waals surface area contributed by atoms with Crippen LogP contribution in [0.15, 0.2) is 48.5 Å². The van der Waals surface area contributed by atoms with Gasteiger partial charge in [0.25, 0.3) is 0 Å². The third kappa shape index (κ3) is 2.67. The lowest BCUT2D eigenvalue weighted by molar-refractivity contribution is 0.474. The first-order valence-electron chi connectivity index (χ1n) is 5.05. The summed E-state index contributed by atoms with van der Waals surface area (Å²) in [6, 6.07) is 14.0. The van der Waals surface area contributed by atoms with Crippen LogP contribution in [0.25, 0.3) is 0 Å². The Labute approximate surface area is 94.0 Å². The van der Waals surface area contributed by atoms with Crippen LogP contribution < -0.4 is 5.32 Å². The van der Waals surface area contributed by atoms with E-state index in [9.17, 15) is 5.11 Å². The summed E-state index contributed by atoms with van der Waals surface area (Å²) in [4.78, 5) is 0. The second-order valence-corrected chi connectivity index (χ2v) is 3.57. The molecular weight excluding hydrogens is 202 g/mol. The van der Waals surface area contributed by atoms with Crippen LogP contribution in [0.4, 0.5) is 5.69 Å². The fraction of sp³-hybridized carbons (Fsp3) is 0.0769. The molecule has 2 aromatic carbocycles. The van der Waals surface area contributed by atoms with Gasteiger partial charge in [-0.05, 0) is 42.0 Å². The Morgan fingerprint density at radius 1 is 0.875 bits per heavy atom. The van der Waals surface area contributed by atoms with Crippen LogP contribution in [0.5, 0.6) is 11.5 Å². The fourth-order valence-corrected chi connectivity index (χ4v) is 1.45. The number of hydrogen-bond donors (Lipinski definition) is 3. The molecule has 3 N–H and O–H groups in total. The molecule has 2 aromatic rings. The van der Waals surface area contributed by atoms with Gasteiger partial charge in [0.1, 0.15) is 11.5 Å². The minimum Gasteiger partial charge on any atom is -0.508 e. The predicted molar refractivity (Wildman–Crippen MR) is 63.5 cm³/mol. The quantitative estimate of drug-likeness (QED) is 0.690. The first-order valence-corrected chi connectivity index (χ1v) is 5.05. The molecule has 0 aliphatic carbocycles. The van der Waals surface area contributed by atoms with Gasteiger partial charge in [0.05, 0.1) is 0 Å². The first kappa shape index (κ1) is 10.4. The number of benzene rings is 2. The van der Waals surface area contributed by atoms with Crippen molar-refractivity contribution in [1.82, 2.24) is 0 Å². The van der Waals surface area contributed by atoms with Crippen molar-refractivity contribution in [2.24, 2.45) is 0 Å². The molecule has 0 heterocycles. The Morgan fingerprint density at radius 2 is 1.62 bits per heavy atom. The number of aromatic hydroxyl groups is 2. The summed E-state index contributed by atoms with van der Waals surface area (Å²) in [7, 11) is 0. The highest BCUT2D eigenvalue weighted by molar-refractivity contribution is 5.46. The zero-order valence-corrected chi connectivity index (χ0v) is 8.72. The van der Waals surface area contributed by atoms with Crippen LogP contribution >= 0.6 is 0 Å². The molecule has 0 saturated carbocycles. The molecule has 3 heteroatoms. The molecule has 0 radical (unpaired) electrons. The van der Waals surface area contributed by atoms with E-state index in [4.69, 9.17) is 5.11 Å². The lowest BCUT2D eigenvalue weighted by Crippen LogP contribution is -1.98. The summed E-state index contributed by atoms with van der Waals surface area (Å²) in [5, 5.41) is 21.6. The first-order chi connectivity index (χ1) is 7.74. The molecular formula is C13H13NO2. The largest absolute Gasteiger partial charge is 0.508 e. The van der Waals surface area contributed by atoms with Crippen molar-refractivity contribution in [3.63, 3.8) is 0 Å². The number of rotatable bonds is 3. The Kier molecular flexibility index (Phi) is 2.96. The van der Waals surface area contributed by atoms with Crippen LogP contribution in [0.1, 0.15) is 5.56 Å². The second-order valence-electron chi connectivity index (χ2n) is 3.57. The molecule has 0 aliphatic heterocycles. The molecule has 0 atom stereocenters. The molecule has 0 unspecified atom stereocenters. The van der Waals surface area contributed by atoms with E-state index < -0.39 is 0 Å². The van der Waals surface area contributed by atoms with E-state index in [-0.39, 0.29) is 11.5 Å². The predicted octanol–water partition coefficient (Wildman–Crippen LogP) is 2.71. The summed E-state index contributed by atoms with van der Waals surface area (Å²) < 4.78 is 0. The van der Waals surface area contributed by atoms with E-state index in [1.807, 2.05) is 12.1 Å². The van der Waals surface area contributed by atoms with Crippen molar-refractivity contribution in [2.45, 2.75) is 6.54 Å². The van der Waals surface area contributed by atoms with Crippen LogP contribution in [0.2, 0.25) is 0 Å². The highest BCUT2D eigenvalue weighted by Crippen LogP contribution is 2.16. The third-order valence-electron chi connectivity index (χ3n) is 2.27. The maximum absolute atomic E-state index is 9.29. The van der Waals surface area contributed by atoms with Gasteiger partial charge in [-0.3, -0.25) is 0 Å². The zero-order valence-electron chi connectivity index (χ0n) is 8.72. The maximum Gasteiger partial charge on any atom is 0.115 e. The van der Waals surface area contributed by atoms with Gasteiger partial charge in [-0.2, -0.15) is 0 Å². The van der Waals surface area contributed by atoms with Gasteiger partial charge in [-0.15, -0.1) is 0 Å². The summed E-state index contributed by atoms with van der Waals surface area (Å²) in [5.74, 6) is 0.521. The Hall–Kier alpha value is -2.16. The summed E-state index contributed by atoms with van der Waals surface area (Å²) in [6.07, 6.45) is 0. The monoisotopic (exact) mass is 215 g/mol. The van der Waals surface area contributed by atoms with Crippen molar-refractivity contribution >= 4 is 5.69 Å². The molecule has 0 fully saturated rings. The maximum atomic E-state index is 9.29. The van der Waals surface area contributed by atoms with Crippen LogP contribution in [0, 0.1) is 0 Å². The van der Waals surface area contributed by atoms with Gasteiger partial charge in [-0.1, -0.05) is 12.1 Å². The Balaban J connectivity index is 1.99. The smallest absolute Gasteiger partial charge is 0.115 e. The summed E-state index contributed by atoms with van der Waals surface area (Å²) in [5.41, 5.74) is 1.94. The van der Waals surface area contributed by atoms with E-state index in [0.717, 1.165) is 11.3 Å². The van der Waals surface area contributed by atoms with E-state index in [0.29, 0.717) is 6.54 Å². The van der Waals surface area contributed by atoms with Crippen molar-refractivity contribution in [2.75, 3.05) is 5.32 Å². The summed E-state index contributed by atoms with van der Waals surface area (Å²) in [6.45, 7) is 0.638. The SMILES string of the molecule is Oc1ccc(NCc2cccc(O)c2)cc1. The number of phenolic OH excluding ortho intramolecular Hbond substituents is 2. The highest BCUT2D eigenvalue weighted by Gasteiger charge is 1.95. The van der Waals surface area contributed by atoms with Crippen molar-refractivity contribution < 1.29 is 10.2 Å². The average Bonchev–Trinajstić information content (AvgIpc) is 2.28. The lowest BCUT2D eigenvalue weighted by Gasteiger charge is -2.06. The Morgan fingerprint density at radius 3 is 2.31 bits per heavy atom. The number of nitrogens with one attached hydrogen (secondary N) is 1. The molecule has 0 aromatic heterocycles. The highest BCUT2D eigenvalue weighted by atomic mass is 16.3. The van der Waals surface area contributed by atoms with E-state index in [1.54, 1.807) is 36.4 Å². The van der Waals surface area contributed by atoms with Crippen molar-refractivity contribution in [3.8, 4) is 11.5 Å². The number of anilines is 1. The third-order valence-corrected chi connectivity index (χ3v) is 2.27. The average molecular weight is 215 g/mol. The minimum absolute atomic E-state index is 0.253. The summed E-state index contributed by atoms with van der Waals surface area (Å²) >= 11 is 0. The molecule has 0 spiro atoms. The van der Waals surface area contributed by atoms with Gasteiger partial charge < -0.3 is 15.5 Å². The topological polar surface area (TPSA) is 52.5 Å². The van der Waals surface area contributed by atoms with Crippen LogP contribution in [-0.4, -0.2) is 10.2 Å². The van der Waals surface area contributed by atoms with Gasteiger partial charge in [0.15, 0.2) is 0 Å². The second kappa shape index (κ2) is 4.57. The number of hydrogen-bond acceptors (Lipinski definition) is 3. The minimum atomic E-state index is 0.253. The number of phenols is 2. The fourth-order valence-electron chi connectivity index (χ4n) is 1.45. The van der Waals surface area contributed by atoms with E-state index in [1.165, 1.54) is 0 Å². The van der Waals surface area contributed by atoms with E-state index >= 15 is 0 Å². The van der Waals surface area contributed by atoms with Crippen LogP contribution in [-0.2, 0) is 6.54 Å². The van der Waals surface area contributed by atoms with E-state index in [2.05, 4.69) is 5.32 Å². The molecule has 16 heavy (non-hydrogen) atoms.